The summed E-state index contributed by atoms with van der Waals surface area (Å²) in [6.45, 7) is 5.45. The zero-order valence-electron chi connectivity index (χ0n) is 6.52. The van der Waals surface area contributed by atoms with Crippen molar-refractivity contribution in [3.63, 3.8) is 0 Å². The fourth-order valence-corrected chi connectivity index (χ4v) is 0.735. The molecule has 0 saturated carbocycles. The fraction of sp³-hybridized carbons (Fsp3) is 0.556. The van der Waals surface area contributed by atoms with E-state index in [-0.39, 0.29) is 5.78 Å². The topological polar surface area (TPSA) is 17.1 Å². The van der Waals surface area contributed by atoms with Crippen molar-refractivity contribution in [3.05, 3.63) is 18.4 Å². The third kappa shape index (κ3) is 5.33. The smallest absolute Gasteiger partial charge is 0.163 e. The molecular formula is C9H14O. The van der Waals surface area contributed by atoms with Gasteiger partial charge in [0.2, 0.25) is 0 Å². The van der Waals surface area contributed by atoms with Crippen LogP contribution in [0.1, 0.15) is 32.6 Å². The molecule has 0 radical (unpaired) electrons. The molecule has 0 aromatic heterocycles. The molecule has 0 aromatic carbocycles. The van der Waals surface area contributed by atoms with Crippen LogP contribution in [0.4, 0.5) is 0 Å². The van der Waals surface area contributed by atoms with E-state index in [1.54, 1.807) is 0 Å². The van der Waals surface area contributed by atoms with Gasteiger partial charge in [0.1, 0.15) is 0 Å². The molecular weight excluding hydrogens is 124 g/mol. The van der Waals surface area contributed by atoms with Gasteiger partial charge < -0.3 is 0 Å². The van der Waals surface area contributed by atoms with E-state index in [9.17, 15) is 4.79 Å². The molecule has 10 heavy (non-hydrogen) atoms. The second-order valence-corrected chi connectivity index (χ2v) is 2.27. The van der Waals surface area contributed by atoms with Crippen molar-refractivity contribution in [2.24, 2.45) is 0 Å². The highest BCUT2D eigenvalue weighted by molar-refractivity contribution is 5.89. The lowest BCUT2D eigenvalue weighted by molar-refractivity contribution is -0.114. The van der Waals surface area contributed by atoms with Crippen molar-refractivity contribution in [1.29, 1.82) is 0 Å². The van der Waals surface area contributed by atoms with Crippen molar-refractivity contribution in [3.8, 4) is 0 Å². The van der Waals surface area contributed by atoms with Gasteiger partial charge in [-0.1, -0.05) is 26.3 Å². The lowest BCUT2D eigenvalue weighted by Gasteiger charge is -1.91. The van der Waals surface area contributed by atoms with E-state index in [1.165, 1.54) is 6.08 Å². The molecule has 0 bridgehead atoms. The Labute approximate surface area is 62.4 Å². The van der Waals surface area contributed by atoms with Gasteiger partial charge in [-0.25, -0.2) is 0 Å². The quantitative estimate of drug-likeness (QED) is 0.324. The number of ketones is 1. The van der Waals surface area contributed by atoms with E-state index >= 15 is 0 Å². The maximum Gasteiger partial charge on any atom is 0.163 e. The summed E-state index contributed by atoms with van der Waals surface area (Å²) in [6.07, 6.45) is 5.35. The molecule has 0 rings (SSSR count). The third-order valence-corrected chi connectivity index (χ3v) is 1.29. The molecule has 0 unspecified atom stereocenters. The molecule has 1 heteroatoms. The Morgan fingerprint density at radius 3 is 2.80 bits per heavy atom. The van der Waals surface area contributed by atoms with Crippen LogP contribution in [-0.2, 0) is 4.79 Å². The summed E-state index contributed by atoms with van der Waals surface area (Å²) in [5, 5.41) is 0. The number of carbonyl (C=O) groups is 1. The van der Waals surface area contributed by atoms with Crippen LogP contribution in [0.5, 0.6) is 0 Å². The molecule has 0 aliphatic heterocycles. The molecule has 56 valence electrons. The number of hydrogen-bond acceptors (Lipinski definition) is 1. The zero-order chi connectivity index (χ0) is 7.82. The summed E-state index contributed by atoms with van der Waals surface area (Å²) < 4.78 is 0. The molecule has 0 saturated heterocycles. The van der Waals surface area contributed by atoms with Crippen LogP contribution in [0.25, 0.3) is 0 Å². The van der Waals surface area contributed by atoms with Gasteiger partial charge in [0, 0.05) is 12.5 Å². The Kier molecular flexibility index (Phi) is 5.80. The molecule has 0 fully saturated rings. The van der Waals surface area contributed by atoms with E-state index < -0.39 is 0 Å². The summed E-state index contributed by atoms with van der Waals surface area (Å²) in [7, 11) is 0. The highest BCUT2D eigenvalue weighted by Gasteiger charge is 1.93. The number of allylic oxidation sites excluding steroid dienone is 1. The number of unbranched alkanes of at least 4 members (excludes halogenated alkanes) is 2. The van der Waals surface area contributed by atoms with Gasteiger partial charge in [-0.15, -0.1) is 5.73 Å². The molecule has 0 atom stereocenters. The van der Waals surface area contributed by atoms with Gasteiger partial charge in [-0.2, -0.15) is 0 Å². The first-order valence-corrected chi connectivity index (χ1v) is 3.70. The maximum atomic E-state index is 10.8. The van der Waals surface area contributed by atoms with E-state index in [4.69, 9.17) is 0 Å². The lowest BCUT2D eigenvalue weighted by Crippen LogP contribution is -1.90. The molecule has 0 aliphatic rings. The van der Waals surface area contributed by atoms with E-state index in [1.807, 2.05) is 0 Å². The molecule has 0 heterocycles. The Hall–Kier alpha value is -0.810. The van der Waals surface area contributed by atoms with Crippen molar-refractivity contribution in [2.75, 3.05) is 0 Å². The van der Waals surface area contributed by atoms with Crippen molar-refractivity contribution >= 4 is 5.78 Å². The van der Waals surface area contributed by atoms with Crippen LogP contribution in [0, 0.1) is 0 Å². The highest BCUT2D eigenvalue weighted by atomic mass is 16.1. The normalized spacial score (nSPS) is 8.50. The SMILES string of the molecule is C=C=CC(=O)CCCCC. The first-order chi connectivity index (χ1) is 4.81. The maximum absolute atomic E-state index is 10.8. The summed E-state index contributed by atoms with van der Waals surface area (Å²) in [5.41, 5.74) is 2.47. The van der Waals surface area contributed by atoms with E-state index in [2.05, 4.69) is 19.2 Å². The van der Waals surface area contributed by atoms with Gasteiger partial charge in [0.25, 0.3) is 0 Å². The first kappa shape index (κ1) is 9.19. The summed E-state index contributed by atoms with van der Waals surface area (Å²) in [6, 6.07) is 0. The average Bonchev–Trinajstić information content (AvgIpc) is 1.89. The number of rotatable bonds is 5. The Bertz CT molecular complexity index is 141. The second kappa shape index (κ2) is 6.31. The zero-order valence-corrected chi connectivity index (χ0v) is 6.52. The molecule has 0 aromatic rings. The fourth-order valence-electron chi connectivity index (χ4n) is 0.735. The molecule has 0 N–H and O–H groups in total. The van der Waals surface area contributed by atoms with Crippen LogP contribution in [0.3, 0.4) is 0 Å². The first-order valence-electron chi connectivity index (χ1n) is 3.70. The molecule has 0 amide bonds. The minimum atomic E-state index is 0.142. The second-order valence-electron chi connectivity index (χ2n) is 2.27. The average molecular weight is 138 g/mol. The van der Waals surface area contributed by atoms with Crippen molar-refractivity contribution in [1.82, 2.24) is 0 Å². The van der Waals surface area contributed by atoms with Gasteiger partial charge >= 0.3 is 0 Å². The van der Waals surface area contributed by atoms with Crippen LogP contribution in [-0.4, -0.2) is 5.78 Å². The van der Waals surface area contributed by atoms with Gasteiger partial charge in [0.05, 0.1) is 0 Å². The van der Waals surface area contributed by atoms with Gasteiger partial charge in [-0.05, 0) is 6.42 Å². The molecule has 0 aliphatic carbocycles. The van der Waals surface area contributed by atoms with Crippen LogP contribution in [0.15, 0.2) is 18.4 Å². The van der Waals surface area contributed by atoms with Crippen LogP contribution >= 0.6 is 0 Å². The van der Waals surface area contributed by atoms with Crippen LogP contribution < -0.4 is 0 Å². The highest BCUT2D eigenvalue weighted by Crippen LogP contribution is 1.99. The standard InChI is InChI=1S/C9H14O/c1-3-5-6-8-9(10)7-4-2/h7H,2-3,5-6,8H2,1H3. The van der Waals surface area contributed by atoms with Crippen molar-refractivity contribution in [2.45, 2.75) is 32.6 Å². The predicted molar refractivity (Wildman–Crippen MR) is 42.9 cm³/mol. The van der Waals surface area contributed by atoms with Gasteiger partial charge in [-0.3, -0.25) is 4.79 Å². The van der Waals surface area contributed by atoms with E-state index in [0.717, 1.165) is 19.3 Å². The number of hydrogen-bond donors (Lipinski definition) is 0. The largest absolute Gasteiger partial charge is 0.294 e. The summed E-state index contributed by atoms with van der Waals surface area (Å²) in [5.74, 6) is 0.142. The Balaban J connectivity index is 3.31. The minimum absolute atomic E-state index is 0.142. The predicted octanol–water partition coefficient (Wildman–Crippen LogP) is 2.48. The van der Waals surface area contributed by atoms with Crippen molar-refractivity contribution < 1.29 is 4.79 Å². The van der Waals surface area contributed by atoms with Crippen LogP contribution in [0.2, 0.25) is 0 Å². The molecule has 1 nitrogen and oxygen atoms in total. The summed E-state index contributed by atoms with van der Waals surface area (Å²) in [4.78, 5) is 10.8. The van der Waals surface area contributed by atoms with E-state index in [0.29, 0.717) is 6.42 Å². The number of carbonyl (C=O) groups excluding carboxylic acids is 1. The summed E-state index contributed by atoms with van der Waals surface area (Å²) >= 11 is 0. The Morgan fingerprint density at radius 1 is 1.60 bits per heavy atom. The Morgan fingerprint density at radius 2 is 2.30 bits per heavy atom. The monoisotopic (exact) mass is 138 g/mol. The minimum Gasteiger partial charge on any atom is -0.294 e. The third-order valence-electron chi connectivity index (χ3n) is 1.29. The lowest BCUT2D eigenvalue weighted by atomic mass is 10.1. The molecule has 0 spiro atoms. The van der Waals surface area contributed by atoms with Gasteiger partial charge in [0.15, 0.2) is 5.78 Å².